The standard InChI is InChI=1S/C14H12BrN3O/c1-19-11-4-2-10(3-5-11)9-18-13-6-7-14(15)17-12(13)8-16-18/h2-8H,9H2,1H3. The first-order valence-electron chi connectivity index (χ1n) is 5.87. The summed E-state index contributed by atoms with van der Waals surface area (Å²) in [5.41, 5.74) is 3.09. The number of aromatic nitrogens is 3. The molecule has 0 saturated heterocycles. The molecule has 3 rings (SSSR count). The van der Waals surface area contributed by atoms with Crippen LogP contribution in [0.15, 0.2) is 47.2 Å². The van der Waals surface area contributed by atoms with Crippen molar-refractivity contribution in [1.29, 1.82) is 0 Å². The van der Waals surface area contributed by atoms with E-state index in [1.807, 2.05) is 41.1 Å². The second-order valence-corrected chi connectivity index (χ2v) is 5.00. The number of ether oxygens (including phenoxy) is 1. The number of methoxy groups -OCH3 is 1. The molecule has 4 nitrogen and oxygen atoms in total. The Balaban J connectivity index is 1.92. The van der Waals surface area contributed by atoms with Crippen LogP contribution in [-0.2, 0) is 6.54 Å². The van der Waals surface area contributed by atoms with Crippen molar-refractivity contribution < 1.29 is 4.74 Å². The van der Waals surface area contributed by atoms with Crippen molar-refractivity contribution in [2.75, 3.05) is 7.11 Å². The Bertz CT molecular complexity index is 706. The van der Waals surface area contributed by atoms with E-state index in [1.165, 1.54) is 5.56 Å². The van der Waals surface area contributed by atoms with Crippen LogP contribution in [0.5, 0.6) is 5.75 Å². The van der Waals surface area contributed by atoms with Crippen LogP contribution in [0.1, 0.15) is 5.56 Å². The lowest BCUT2D eigenvalue weighted by molar-refractivity contribution is 0.414. The Morgan fingerprint density at radius 1 is 1.16 bits per heavy atom. The van der Waals surface area contributed by atoms with Gasteiger partial charge in [-0.2, -0.15) is 5.10 Å². The summed E-state index contributed by atoms with van der Waals surface area (Å²) < 4.78 is 7.91. The van der Waals surface area contributed by atoms with Crippen LogP contribution < -0.4 is 4.74 Å². The lowest BCUT2D eigenvalue weighted by Gasteiger charge is -2.05. The van der Waals surface area contributed by atoms with Crippen molar-refractivity contribution in [2.24, 2.45) is 0 Å². The van der Waals surface area contributed by atoms with Gasteiger partial charge in [0.25, 0.3) is 0 Å². The normalized spacial score (nSPS) is 10.8. The number of pyridine rings is 1. The van der Waals surface area contributed by atoms with Crippen LogP contribution in [0.4, 0.5) is 0 Å². The largest absolute Gasteiger partial charge is 0.497 e. The zero-order valence-corrected chi connectivity index (χ0v) is 12.0. The monoisotopic (exact) mass is 317 g/mol. The maximum Gasteiger partial charge on any atom is 0.118 e. The lowest BCUT2D eigenvalue weighted by atomic mass is 10.2. The van der Waals surface area contributed by atoms with Gasteiger partial charge >= 0.3 is 0 Å². The van der Waals surface area contributed by atoms with Gasteiger partial charge in [-0.1, -0.05) is 12.1 Å². The highest BCUT2D eigenvalue weighted by molar-refractivity contribution is 9.10. The Morgan fingerprint density at radius 3 is 2.68 bits per heavy atom. The summed E-state index contributed by atoms with van der Waals surface area (Å²) in [6.45, 7) is 0.719. The van der Waals surface area contributed by atoms with Gasteiger partial charge in [0.1, 0.15) is 15.9 Å². The first-order chi connectivity index (χ1) is 9.26. The van der Waals surface area contributed by atoms with Crippen molar-refractivity contribution in [3.8, 4) is 5.75 Å². The van der Waals surface area contributed by atoms with Crippen LogP contribution in [0.25, 0.3) is 11.0 Å². The average Bonchev–Trinajstić information content (AvgIpc) is 2.82. The van der Waals surface area contributed by atoms with E-state index in [0.717, 1.165) is 27.9 Å². The number of benzene rings is 1. The van der Waals surface area contributed by atoms with Crippen molar-refractivity contribution >= 4 is 27.0 Å². The molecule has 19 heavy (non-hydrogen) atoms. The molecule has 0 fully saturated rings. The Morgan fingerprint density at radius 2 is 1.95 bits per heavy atom. The summed E-state index contributed by atoms with van der Waals surface area (Å²) >= 11 is 3.36. The molecule has 0 atom stereocenters. The first kappa shape index (κ1) is 12.2. The molecule has 0 radical (unpaired) electrons. The topological polar surface area (TPSA) is 39.9 Å². The van der Waals surface area contributed by atoms with Gasteiger partial charge < -0.3 is 4.74 Å². The van der Waals surface area contributed by atoms with Gasteiger partial charge in [-0.15, -0.1) is 0 Å². The van der Waals surface area contributed by atoms with E-state index >= 15 is 0 Å². The number of hydrogen-bond donors (Lipinski definition) is 0. The van der Waals surface area contributed by atoms with Crippen LogP contribution in [0, 0.1) is 0 Å². The van der Waals surface area contributed by atoms with Gasteiger partial charge in [-0.25, -0.2) is 4.98 Å². The third-order valence-electron chi connectivity index (χ3n) is 2.96. The highest BCUT2D eigenvalue weighted by atomic mass is 79.9. The zero-order chi connectivity index (χ0) is 13.2. The first-order valence-corrected chi connectivity index (χ1v) is 6.66. The Kier molecular flexibility index (Phi) is 3.21. The summed E-state index contributed by atoms with van der Waals surface area (Å²) in [5.74, 6) is 0.861. The van der Waals surface area contributed by atoms with Gasteiger partial charge in [0.2, 0.25) is 0 Å². The molecule has 0 N–H and O–H groups in total. The SMILES string of the molecule is COc1ccc(Cn2ncc3nc(Br)ccc32)cc1. The van der Waals surface area contributed by atoms with E-state index in [2.05, 4.69) is 26.0 Å². The molecule has 5 heteroatoms. The smallest absolute Gasteiger partial charge is 0.118 e. The summed E-state index contributed by atoms with van der Waals surface area (Å²) in [6, 6.07) is 11.9. The summed E-state index contributed by atoms with van der Waals surface area (Å²) in [5, 5.41) is 4.38. The van der Waals surface area contributed by atoms with Crippen LogP contribution >= 0.6 is 15.9 Å². The minimum absolute atomic E-state index is 0.719. The number of nitrogens with zero attached hydrogens (tertiary/aromatic N) is 3. The highest BCUT2D eigenvalue weighted by Gasteiger charge is 2.05. The molecule has 0 aliphatic rings. The molecule has 0 spiro atoms. The molecule has 0 amide bonds. The van der Waals surface area contributed by atoms with Gasteiger partial charge in [-0.05, 0) is 45.8 Å². The maximum atomic E-state index is 5.15. The van der Waals surface area contributed by atoms with Gasteiger partial charge in [0.05, 0.1) is 25.4 Å². The molecule has 96 valence electrons. The summed E-state index contributed by atoms with van der Waals surface area (Å²) in [6.07, 6.45) is 1.78. The van der Waals surface area contributed by atoms with E-state index in [0.29, 0.717) is 0 Å². The van der Waals surface area contributed by atoms with Gasteiger partial charge in [0, 0.05) is 0 Å². The van der Waals surface area contributed by atoms with Crippen LogP contribution in [0.2, 0.25) is 0 Å². The molecule has 0 unspecified atom stereocenters. The summed E-state index contributed by atoms with van der Waals surface area (Å²) in [7, 11) is 1.67. The molecule has 0 aliphatic heterocycles. The van der Waals surface area contributed by atoms with Crippen molar-refractivity contribution in [3.63, 3.8) is 0 Å². The number of halogens is 1. The Hall–Kier alpha value is -1.88. The zero-order valence-electron chi connectivity index (χ0n) is 10.4. The number of hydrogen-bond acceptors (Lipinski definition) is 3. The Labute approximate surface area is 119 Å². The fourth-order valence-electron chi connectivity index (χ4n) is 1.97. The van der Waals surface area contributed by atoms with E-state index in [1.54, 1.807) is 13.3 Å². The van der Waals surface area contributed by atoms with E-state index in [-0.39, 0.29) is 0 Å². The predicted octanol–water partition coefficient (Wildman–Crippen LogP) is 3.25. The molecule has 3 aromatic rings. The van der Waals surface area contributed by atoms with Crippen molar-refractivity contribution in [2.45, 2.75) is 6.54 Å². The second kappa shape index (κ2) is 5.01. The van der Waals surface area contributed by atoms with E-state index in [4.69, 9.17) is 4.74 Å². The third kappa shape index (κ3) is 2.46. The molecule has 0 bridgehead atoms. The molecule has 2 aromatic heterocycles. The minimum Gasteiger partial charge on any atom is -0.497 e. The van der Waals surface area contributed by atoms with Crippen LogP contribution in [0.3, 0.4) is 0 Å². The fraction of sp³-hybridized carbons (Fsp3) is 0.143. The fourth-order valence-corrected chi connectivity index (χ4v) is 2.30. The van der Waals surface area contributed by atoms with E-state index < -0.39 is 0 Å². The minimum atomic E-state index is 0.719. The lowest BCUT2D eigenvalue weighted by Crippen LogP contribution is -2.01. The summed E-state index contributed by atoms with van der Waals surface area (Å²) in [4.78, 5) is 4.38. The molecular weight excluding hydrogens is 306 g/mol. The van der Waals surface area contributed by atoms with E-state index in [9.17, 15) is 0 Å². The van der Waals surface area contributed by atoms with Gasteiger partial charge in [0.15, 0.2) is 0 Å². The van der Waals surface area contributed by atoms with Crippen LogP contribution in [-0.4, -0.2) is 21.9 Å². The molecule has 1 aromatic carbocycles. The van der Waals surface area contributed by atoms with Gasteiger partial charge in [-0.3, -0.25) is 4.68 Å². The quantitative estimate of drug-likeness (QED) is 0.696. The maximum absolute atomic E-state index is 5.15. The number of fused-ring (bicyclic) bond motifs is 1. The molecule has 0 saturated carbocycles. The highest BCUT2D eigenvalue weighted by Crippen LogP contribution is 2.17. The second-order valence-electron chi connectivity index (χ2n) is 4.19. The van der Waals surface area contributed by atoms with Crippen molar-refractivity contribution in [1.82, 2.24) is 14.8 Å². The molecule has 0 aliphatic carbocycles. The number of rotatable bonds is 3. The average molecular weight is 318 g/mol. The third-order valence-corrected chi connectivity index (χ3v) is 3.40. The predicted molar refractivity (Wildman–Crippen MR) is 77.3 cm³/mol. The molecular formula is C14H12BrN3O. The molecule has 2 heterocycles. The van der Waals surface area contributed by atoms with Crippen molar-refractivity contribution in [3.05, 3.63) is 52.8 Å².